The Bertz CT molecular complexity index is 159. The van der Waals surface area contributed by atoms with E-state index in [1.165, 1.54) is 12.8 Å². The van der Waals surface area contributed by atoms with Gasteiger partial charge in [-0.1, -0.05) is 6.42 Å². The Morgan fingerprint density at radius 2 is 2.31 bits per heavy atom. The van der Waals surface area contributed by atoms with Gasteiger partial charge in [-0.25, -0.2) is 0 Å². The maximum absolute atomic E-state index is 8.86. The molecule has 76 valence electrons. The van der Waals surface area contributed by atoms with Gasteiger partial charge in [-0.15, -0.1) is 0 Å². The van der Waals surface area contributed by atoms with Crippen molar-refractivity contribution in [2.24, 2.45) is 0 Å². The van der Waals surface area contributed by atoms with Gasteiger partial charge in [0.25, 0.3) is 0 Å². The molecule has 0 radical (unpaired) electrons. The minimum absolute atomic E-state index is 0.0588. The summed E-state index contributed by atoms with van der Waals surface area (Å²) in [5, 5.41) is 12.2. The van der Waals surface area contributed by atoms with Crippen LogP contribution in [-0.2, 0) is 9.47 Å². The Labute approximate surface area is 78.2 Å². The van der Waals surface area contributed by atoms with E-state index in [0.717, 1.165) is 13.0 Å². The van der Waals surface area contributed by atoms with Crippen LogP contribution in [-0.4, -0.2) is 43.3 Å². The minimum atomic E-state index is -0.141. The highest BCUT2D eigenvalue weighted by Crippen LogP contribution is 2.19. The lowest BCUT2D eigenvalue weighted by Crippen LogP contribution is -2.43. The van der Waals surface area contributed by atoms with E-state index >= 15 is 0 Å². The molecule has 0 aromatic rings. The number of aliphatic hydroxyl groups is 1. The van der Waals surface area contributed by atoms with Crippen LogP contribution in [0.15, 0.2) is 0 Å². The van der Waals surface area contributed by atoms with Crippen LogP contribution in [0, 0.1) is 0 Å². The summed E-state index contributed by atoms with van der Waals surface area (Å²) >= 11 is 0. The molecule has 3 atom stereocenters. The fourth-order valence-corrected chi connectivity index (χ4v) is 1.89. The van der Waals surface area contributed by atoms with Gasteiger partial charge in [0, 0.05) is 0 Å². The number of nitrogens with one attached hydrogen (secondary N) is 1. The van der Waals surface area contributed by atoms with Crippen molar-refractivity contribution in [3.05, 3.63) is 0 Å². The summed E-state index contributed by atoms with van der Waals surface area (Å²) in [6.07, 6.45) is 3.34. The molecule has 0 aliphatic carbocycles. The number of piperidine rings is 1. The molecular weight excluding hydrogens is 170 g/mol. The van der Waals surface area contributed by atoms with Crippen LogP contribution in [0.5, 0.6) is 0 Å². The van der Waals surface area contributed by atoms with Crippen LogP contribution >= 0.6 is 0 Å². The monoisotopic (exact) mass is 187 g/mol. The first kappa shape index (κ1) is 9.40. The summed E-state index contributed by atoms with van der Waals surface area (Å²) in [5.74, 6) is 0. The molecule has 13 heavy (non-hydrogen) atoms. The standard InChI is InChI=1S/C9H17NO3/c11-5-7-6-12-9(13-7)8-3-1-2-4-10-8/h7-11H,1-6H2. The number of ether oxygens (including phenoxy) is 2. The molecule has 4 nitrogen and oxygen atoms in total. The molecule has 0 saturated carbocycles. The highest BCUT2D eigenvalue weighted by molar-refractivity contribution is 4.79. The lowest BCUT2D eigenvalue weighted by molar-refractivity contribution is -0.0913. The third-order valence-corrected chi connectivity index (χ3v) is 2.65. The van der Waals surface area contributed by atoms with Gasteiger partial charge in [-0.05, 0) is 19.4 Å². The SMILES string of the molecule is OCC1COC(C2CCCCN2)O1. The first-order chi connectivity index (χ1) is 6.40. The zero-order valence-electron chi connectivity index (χ0n) is 7.74. The van der Waals surface area contributed by atoms with Crippen LogP contribution < -0.4 is 5.32 Å². The highest BCUT2D eigenvalue weighted by atomic mass is 16.7. The summed E-state index contributed by atoms with van der Waals surface area (Å²) in [6.45, 7) is 1.64. The molecule has 0 aromatic heterocycles. The molecular formula is C9H17NO3. The van der Waals surface area contributed by atoms with Crippen molar-refractivity contribution in [1.29, 1.82) is 0 Å². The van der Waals surface area contributed by atoms with Crippen LogP contribution in [0.2, 0.25) is 0 Å². The third kappa shape index (κ3) is 2.20. The zero-order chi connectivity index (χ0) is 9.10. The lowest BCUT2D eigenvalue weighted by atomic mass is 10.0. The van der Waals surface area contributed by atoms with Gasteiger partial charge < -0.3 is 19.9 Å². The van der Waals surface area contributed by atoms with Gasteiger partial charge in [-0.2, -0.15) is 0 Å². The number of rotatable bonds is 2. The van der Waals surface area contributed by atoms with Crippen LogP contribution in [0.25, 0.3) is 0 Å². The summed E-state index contributed by atoms with van der Waals surface area (Å²) in [4.78, 5) is 0. The largest absolute Gasteiger partial charge is 0.394 e. The van der Waals surface area contributed by atoms with Crippen LogP contribution in [0.1, 0.15) is 19.3 Å². The normalized spacial score (nSPS) is 40.8. The van der Waals surface area contributed by atoms with E-state index in [1.807, 2.05) is 0 Å². The molecule has 0 bridgehead atoms. The van der Waals surface area contributed by atoms with Gasteiger partial charge >= 0.3 is 0 Å². The quantitative estimate of drug-likeness (QED) is 0.632. The predicted octanol–water partition coefficient (Wildman–Crippen LogP) is -0.138. The summed E-state index contributed by atoms with van der Waals surface area (Å²) in [5.41, 5.74) is 0. The highest BCUT2D eigenvalue weighted by Gasteiger charge is 2.32. The Balaban J connectivity index is 1.80. The molecule has 2 aliphatic heterocycles. The maximum atomic E-state index is 8.86. The zero-order valence-corrected chi connectivity index (χ0v) is 7.74. The van der Waals surface area contributed by atoms with Gasteiger partial charge in [0.1, 0.15) is 6.10 Å². The van der Waals surface area contributed by atoms with Gasteiger partial charge in [-0.3, -0.25) is 0 Å². The second kappa shape index (κ2) is 4.37. The molecule has 2 rings (SSSR count). The Morgan fingerprint density at radius 3 is 2.92 bits per heavy atom. The first-order valence-corrected chi connectivity index (χ1v) is 5.01. The molecule has 0 spiro atoms. The summed E-state index contributed by atoms with van der Waals surface area (Å²) < 4.78 is 11.0. The minimum Gasteiger partial charge on any atom is -0.394 e. The third-order valence-electron chi connectivity index (χ3n) is 2.65. The van der Waals surface area contributed by atoms with E-state index in [1.54, 1.807) is 0 Å². The van der Waals surface area contributed by atoms with E-state index in [0.29, 0.717) is 12.6 Å². The van der Waals surface area contributed by atoms with Crippen molar-refractivity contribution in [3.63, 3.8) is 0 Å². The van der Waals surface area contributed by atoms with Crippen LogP contribution in [0.3, 0.4) is 0 Å². The molecule has 0 aromatic carbocycles. The smallest absolute Gasteiger partial charge is 0.173 e. The van der Waals surface area contributed by atoms with Crippen molar-refractivity contribution >= 4 is 0 Å². The van der Waals surface area contributed by atoms with Gasteiger partial charge in [0.15, 0.2) is 6.29 Å². The van der Waals surface area contributed by atoms with E-state index in [2.05, 4.69) is 5.32 Å². The maximum Gasteiger partial charge on any atom is 0.173 e. The van der Waals surface area contributed by atoms with Crippen LogP contribution in [0.4, 0.5) is 0 Å². The van der Waals surface area contributed by atoms with Crippen molar-refractivity contribution < 1.29 is 14.6 Å². The van der Waals surface area contributed by atoms with Crippen molar-refractivity contribution in [3.8, 4) is 0 Å². The second-order valence-electron chi connectivity index (χ2n) is 3.70. The molecule has 2 saturated heterocycles. The molecule has 2 N–H and O–H groups in total. The summed E-state index contributed by atoms with van der Waals surface area (Å²) in [7, 11) is 0. The van der Waals surface area contributed by atoms with Crippen molar-refractivity contribution in [2.75, 3.05) is 19.8 Å². The lowest BCUT2D eigenvalue weighted by Gasteiger charge is -2.27. The van der Waals surface area contributed by atoms with Crippen molar-refractivity contribution in [2.45, 2.75) is 37.7 Å². The average molecular weight is 187 g/mol. The summed E-state index contributed by atoms with van der Waals surface area (Å²) in [6, 6.07) is 0.324. The Hall–Kier alpha value is -0.160. The molecule has 2 heterocycles. The second-order valence-corrected chi connectivity index (χ2v) is 3.70. The van der Waals surface area contributed by atoms with E-state index in [4.69, 9.17) is 14.6 Å². The first-order valence-electron chi connectivity index (χ1n) is 5.01. The molecule has 3 unspecified atom stereocenters. The fraction of sp³-hybridized carbons (Fsp3) is 1.00. The Morgan fingerprint density at radius 1 is 1.38 bits per heavy atom. The average Bonchev–Trinajstić information content (AvgIpc) is 2.67. The van der Waals surface area contributed by atoms with E-state index in [-0.39, 0.29) is 19.0 Å². The predicted molar refractivity (Wildman–Crippen MR) is 47.3 cm³/mol. The van der Waals surface area contributed by atoms with Crippen molar-refractivity contribution in [1.82, 2.24) is 5.32 Å². The molecule has 4 heteroatoms. The number of hydrogen-bond donors (Lipinski definition) is 2. The van der Waals surface area contributed by atoms with E-state index < -0.39 is 0 Å². The molecule has 0 amide bonds. The number of hydrogen-bond acceptors (Lipinski definition) is 4. The molecule has 2 fully saturated rings. The molecule has 2 aliphatic rings. The number of aliphatic hydroxyl groups excluding tert-OH is 1. The van der Waals surface area contributed by atoms with Gasteiger partial charge in [0.05, 0.1) is 19.3 Å². The van der Waals surface area contributed by atoms with E-state index in [9.17, 15) is 0 Å². The fourth-order valence-electron chi connectivity index (χ4n) is 1.89. The van der Waals surface area contributed by atoms with Gasteiger partial charge in [0.2, 0.25) is 0 Å². The topological polar surface area (TPSA) is 50.7 Å². The Kier molecular flexibility index (Phi) is 3.16.